The number of fused-ring (bicyclic) bond motifs is 1. The number of aromatic nitrogens is 2. The molecule has 0 radical (unpaired) electrons. The first-order chi connectivity index (χ1) is 13.1. The molecule has 1 heterocycles. The standard InChI is InChI=1S/C21H25N3O3/c1-3-12-27-20-7-5-4-6-17(20)15(2)23-21(26)16-8-9-19-18(13-16)22-14-24(19)10-11-25/h4-9,13-15,25H,3,10-12H2,1-2H3,(H,23,26). The van der Waals surface area contributed by atoms with Gasteiger partial charge in [0.05, 0.1) is 36.6 Å². The van der Waals surface area contributed by atoms with Gasteiger partial charge < -0.3 is 19.7 Å². The summed E-state index contributed by atoms with van der Waals surface area (Å²) < 4.78 is 7.66. The van der Waals surface area contributed by atoms with E-state index in [2.05, 4.69) is 17.2 Å². The monoisotopic (exact) mass is 367 g/mol. The van der Waals surface area contributed by atoms with Crippen LogP contribution in [0, 0.1) is 0 Å². The van der Waals surface area contributed by atoms with E-state index < -0.39 is 0 Å². The molecular weight excluding hydrogens is 342 g/mol. The van der Waals surface area contributed by atoms with Crippen LogP contribution in [0.3, 0.4) is 0 Å². The zero-order chi connectivity index (χ0) is 19.2. The highest BCUT2D eigenvalue weighted by molar-refractivity contribution is 5.97. The molecule has 3 rings (SSSR count). The number of amides is 1. The van der Waals surface area contributed by atoms with Gasteiger partial charge in [-0.15, -0.1) is 0 Å². The van der Waals surface area contributed by atoms with Crippen molar-refractivity contribution in [1.29, 1.82) is 0 Å². The van der Waals surface area contributed by atoms with Gasteiger partial charge in [0, 0.05) is 17.7 Å². The van der Waals surface area contributed by atoms with Gasteiger partial charge in [-0.05, 0) is 37.6 Å². The van der Waals surface area contributed by atoms with Crippen LogP contribution in [-0.4, -0.2) is 33.8 Å². The summed E-state index contributed by atoms with van der Waals surface area (Å²) in [6, 6.07) is 13.0. The van der Waals surface area contributed by atoms with Crippen molar-refractivity contribution in [2.75, 3.05) is 13.2 Å². The van der Waals surface area contributed by atoms with E-state index in [1.54, 1.807) is 18.5 Å². The second kappa shape index (κ2) is 8.68. The maximum absolute atomic E-state index is 12.7. The van der Waals surface area contributed by atoms with E-state index in [0.717, 1.165) is 28.8 Å². The lowest BCUT2D eigenvalue weighted by Gasteiger charge is -2.18. The maximum Gasteiger partial charge on any atom is 0.251 e. The van der Waals surface area contributed by atoms with Crippen LogP contribution in [0.4, 0.5) is 0 Å². The molecule has 0 bridgehead atoms. The summed E-state index contributed by atoms with van der Waals surface area (Å²) in [6.45, 7) is 5.18. The van der Waals surface area contributed by atoms with Crippen molar-refractivity contribution in [2.24, 2.45) is 0 Å². The number of hydrogen-bond donors (Lipinski definition) is 2. The summed E-state index contributed by atoms with van der Waals surface area (Å²) >= 11 is 0. The Kier molecular flexibility index (Phi) is 6.08. The van der Waals surface area contributed by atoms with Crippen LogP contribution >= 0.6 is 0 Å². The minimum Gasteiger partial charge on any atom is -0.493 e. The molecule has 0 aliphatic heterocycles. The lowest BCUT2D eigenvalue weighted by atomic mass is 10.1. The fourth-order valence-electron chi connectivity index (χ4n) is 3.03. The molecule has 0 aliphatic rings. The van der Waals surface area contributed by atoms with E-state index in [9.17, 15) is 4.79 Å². The molecule has 1 unspecified atom stereocenters. The molecule has 6 heteroatoms. The van der Waals surface area contributed by atoms with Crippen molar-refractivity contribution in [1.82, 2.24) is 14.9 Å². The minimum atomic E-state index is -0.187. The average Bonchev–Trinajstić information content (AvgIpc) is 3.09. The molecule has 0 saturated carbocycles. The van der Waals surface area contributed by atoms with Crippen molar-refractivity contribution >= 4 is 16.9 Å². The lowest BCUT2D eigenvalue weighted by molar-refractivity contribution is 0.0939. The molecule has 142 valence electrons. The number of nitrogens with zero attached hydrogens (tertiary/aromatic N) is 2. The number of carbonyl (C=O) groups excluding carboxylic acids is 1. The van der Waals surface area contributed by atoms with Crippen molar-refractivity contribution in [2.45, 2.75) is 32.9 Å². The van der Waals surface area contributed by atoms with Crippen LogP contribution in [0.25, 0.3) is 11.0 Å². The first-order valence-electron chi connectivity index (χ1n) is 9.22. The topological polar surface area (TPSA) is 76.4 Å². The molecule has 0 fully saturated rings. The van der Waals surface area contributed by atoms with Crippen LogP contribution in [0.15, 0.2) is 48.8 Å². The predicted octanol–water partition coefficient (Wildman–Crippen LogP) is 3.31. The first-order valence-corrected chi connectivity index (χ1v) is 9.22. The van der Waals surface area contributed by atoms with Crippen LogP contribution in [0.5, 0.6) is 5.75 Å². The number of benzene rings is 2. The van der Waals surface area contributed by atoms with Crippen molar-refractivity contribution < 1.29 is 14.6 Å². The summed E-state index contributed by atoms with van der Waals surface area (Å²) in [6.07, 6.45) is 2.60. The van der Waals surface area contributed by atoms with Gasteiger partial charge in [0.25, 0.3) is 5.91 Å². The number of aliphatic hydroxyl groups is 1. The Morgan fingerprint density at radius 1 is 1.30 bits per heavy atom. The second-order valence-corrected chi connectivity index (χ2v) is 6.45. The van der Waals surface area contributed by atoms with E-state index in [0.29, 0.717) is 18.7 Å². The van der Waals surface area contributed by atoms with Gasteiger partial charge in [-0.25, -0.2) is 4.98 Å². The normalized spacial score (nSPS) is 12.1. The van der Waals surface area contributed by atoms with Gasteiger partial charge in [-0.2, -0.15) is 0 Å². The van der Waals surface area contributed by atoms with E-state index in [4.69, 9.17) is 9.84 Å². The Balaban J connectivity index is 1.76. The third-order valence-corrected chi connectivity index (χ3v) is 4.42. The molecule has 1 atom stereocenters. The summed E-state index contributed by atoms with van der Waals surface area (Å²) in [4.78, 5) is 17.0. The fourth-order valence-corrected chi connectivity index (χ4v) is 3.03. The molecule has 0 saturated heterocycles. The van der Waals surface area contributed by atoms with Gasteiger partial charge in [0.2, 0.25) is 0 Å². The lowest BCUT2D eigenvalue weighted by Crippen LogP contribution is -2.27. The number of aliphatic hydroxyl groups excluding tert-OH is 1. The zero-order valence-corrected chi connectivity index (χ0v) is 15.7. The Labute approximate surface area is 158 Å². The van der Waals surface area contributed by atoms with E-state index in [-0.39, 0.29) is 18.6 Å². The van der Waals surface area contributed by atoms with Gasteiger partial charge in [-0.3, -0.25) is 4.79 Å². The van der Waals surface area contributed by atoms with Crippen molar-refractivity contribution in [3.8, 4) is 5.75 Å². The second-order valence-electron chi connectivity index (χ2n) is 6.45. The highest BCUT2D eigenvalue weighted by atomic mass is 16.5. The van der Waals surface area contributed by atoms with Crippen LogP contribution in [0.1, 0.15) is 42.2 Å². The Hall–Kier alpha value is -2.86. The molecule has 6 nitrogen and oxygen atoms in total. The molecule has 2 aromatic carbocycles. The zero-order valence-electron chi connectivity index (χ0n) is 15.7. The first kappa shape index (κ1) is 18.9. The minimum absolute atomic E-state index is 0.0464. The number of para-hydroxylation sites is 1. The summed E-state index contributed by atoms with van der Waals surface area (Å²) in [5.74, 6) is 0.636. The Morgan fingerprint density at radius 3 is 2.89 bits per heavy atom. The Bertz CT molecular complexity index is 920. The van der Waals surface area contributed by atoms with Crippen LogP contribution in [-0.2, 0) is 6.54 Å². The summed E-state index contributed by atoms with van der Waals surface area (Å²) in [7, 11) is 0. The van der Waals surface area contributed by atoms with Crippen molar-refractivity contribution in [3.63, 3.8) is 0 Å². The number of carbonyl (C=O) groups is 1. The summed E-state index contributed by atoms with van der Waals surface area (Å²) in [5.41, 5.74) is 3.13. The molecule has 1 amide bonds. The molecule has 0 spiro atoms. The van der Waals surface area contributed by atoms with Gasteiger partial charge in [0.1, 0.15) is 5.75 Å². The largest absolute Gasteiger partial charge is 0.493 e. The number of rotatable bonds is 8. The number of nitrogens with one attached hydrogen (secondary N) is 1. The number of ether oxygens (including phenoxy) is 1. The third-order valence-electron chi connectivity index (χ3n) is 4.42. The van der Waals surface area contributed by atoms with Gasteiger partial charge in [0.15, 0.2) is 0 Å². The van der Waals surface area contributed by atoms with E-state index >= 15 is 0 Å². The Morgan fingerprint density at radius 2 is 2.11 bits per heavy atom. The maximum atomic E-state index is 12.7. The number of imidazole rings is 1. The third kappa shape index (κ3) is 4.28. The SMILES string of the molecule is CCCOc1ccccc1C(C)NC(=O)c1ccc2c(c1)ncn2CCO. The quantitative estimate of drug-likeness (QED) is 0.640. The van der Waals surface area contributed by atoms with Gasteiger partial charge >= 0.3 is 0 Å². The van der Waals surface area contributed by atoms with E-state index in [1.165, 1.54) is 0 Å². The van der Waals surface area contributed by atoms with Crippen LogP contribution < -0.4 is 10.1 Å². The average molecular weight is 367 g/mol. The molecule has 0 aliphatic carbocycles. The molecule has 1 aromatic heterocycles. The molecule has 2 N–H and O–H groups in total. The smallest absolute Gasteiger partial charge is 0.251 e. The fraction of sp³-hybridized carbons (Fsp3) is 0.333. The van der Waals surface area contributed by atoms with Gasteiger partial charge in [-0.1, -0.05) is 25.1 Å². The predicted molar refractivity (Wildman–Crippen MR) is 105 cm³/mol. The van der Waals surface area contributed by atoms with E-state index in [1.807, 2.05) is 41.8 Å². The van der Waals surface area contributed by atoms with Crippen molar-refractivity contribution in [3.05, 3.63) is 59.9 Å². The highest BCUT2D eigenvalue weighted by Crippen LogP contribution is 2.25. The molecular formula is C21H25N3O3. The highest BCUT2D eigenvalue weighted by Gasteiger charge is 2.16. The summed E-state index contributed by atoms with van der Waals surface area (Å²) in [5, 5.41) is 12.1. The molecule has 3 aromatic rings. The van der Waals surface area contributed by atoms with Crippen LogP contribution in [0.2, 0.25) is 0 Å². The number of hydrogen-bond acceptors (Lipinski definition) is 4. The molecule has 27 heavy (non-hydrogen) atoms.